The smallest absolute Gasteiger partial charge is 0.275 e. The van der Waals surface area contributed by atoms with Gasteiger partial charge in [-0.25, -0.2) is 5.48 Å². The number of amides is 3. The minimum Gasteiger partial charge on any atom is -0.395 e. The van der Waals surface area contributed by atoms with Gasteiger partial charge in [-0.15, -0.1) is 0 Å². The fraction of sp³-hybridized carbons (Fsp3) is 0.235. The van der Waals surface area contributed by atoms with Crippen molar-refractivity contribution < 1.29 is 24.7 Å². The van der Waals surface area contributed by atoms with Gasteiger partial charge in [0.1, 0.15) is 0 Å². The number of carbonyl (C=O) groups excluding carboxylic acids is 3. The number of aliphatic hydroxyl groups is 1. The first-order chi connectivity index (χ1) is 12.0. The summed E-state index contributed by atoms with van der Waals surface area (Å²) in [6, 6.07) is 4.54. The molecule has 0 aliphatic heterocycles. The molecule has 5 N–H and O–H groups in total. The fourth-order valence-corrected chi connectivity index (χ4v) is 1.64. The Balaban J connectivity index is 2.81. The Bertz CT molecular complexity index is 734. The first-order valence-electron chi connectivity index (χ1n) is 7.19. The zero-order chi connectivity index (χ0) is 18.7. The van der Waals surface area contributed by atoms with Crippen molar-refractivity contribution >= 4 is 17.7 Å². The molecule has 130 valence electrons. The number of hydrogen-bond acceptors (Lipinski definition) is 5. The molecule has 1 atom stereocenters. The largest absolute Gasteiger partial charge is 0.395 e. The van der Waals surface area contributed by atoms with Crippen LogP contribution in [0.15, 0.2) is 24.3 Å². The van der Waals surface area contributed by atoms with Gasteiger partial charge in [0, 0.05) is 24.6 Å². The van der Waals surface area contributed by atoms with E-state index in [1.807, 2.05) is 0 Å². The Morgan fingerprint density at radius 2 is 1.80 bits per heavy atom. The van der Waals surface area contributed by atoms with Crippen LogP contribution in [-0.2, 0) is 9.59 Å². The second-order valence-electron chi connectivity index (χ2n) is 4.60. The molecule has 1 aromatic rings. The van der Waals surface area contributed by atoms with Crippen molar-refractivity contribution in [1.82, 2.24) is 16.1 Å². The van der Waals surface area contributed by atoms with E-state index in [4.69, 9.17) is 10.3 Å². The summed E-state index contributed by atoms with van der Waals surface area (Å²) in [6.45, 7) is -0.0240. The number of benzene rings is 1. The molecule has 0 spiro atoms. The fourth-order valence-electron chi connectivity index (χ4n) is 1.64. The Labute approximate surface area is 144 Å². The third-order valence-electron chi connectivity index (χ3n) is 2.90. The van der Waals surface area contributed by atoms with E-state index in [-0.39, 0.29) is 12.2 Å². The lowest BCUT2D eigenvalue weighted by Crippen LogP contribution is -2.54. The van der Waals surface area contributed by atoms with Crippen LogP contribution in [0.2, 0.25) is 0 Å². The molecule has 1 rings (SSSR count). The van der Waals surface area contributed by atoms with Crippen LogP contribution in [0.25, 0.3) is 0 Å². The summed E-state index contributed by atoms with van der Waals surface area (Å²) in [5.41, 5.74) is 2.14. The first kappa shape index (κ1) is 19.7. The standard InChI is InChI=1S/C17H17N3O5/c1-18-16(23)14(17(24)20-25)19-15(22)13-9-7-12(8-10-13)6-4-2-3-5-11-21/h7-10,14,21,25H,5,11H2,1H3,(H,18,23)(H,19,22)(H,20,24). The van der Waals surface area contributed by atoms with Gasteiger partial charge in [0.15, 0.2) is 6.04 Å². The lowest BCUT2D eigenvalue weighted by molar-refractivity contribution is -0.137. The third kappa shape index (κ3) is 6.36. The molecule has 0 fully saturated rings. The molecule has 1 aromatic carbocycles. The van der Waals surface area contributed by atoms with Crippen LogP contribution in [0.3, 0.4) is 0 Å². The molecule has 0 heterocycles. The first-order valence-corrected chi connectivity index (χ1v) is 7.19. The second kappa shape index (κ2) is 10.4. The molecule has 0 aliphatic rings. The van der Waals surface area contributed by atoms with E-state index in [1.54, 1.807) is 12.1 Å². The predicted octanol–water partition coefficient (Wildman–Crippen LogP) is -1.23. The summed E-state index contributed by atoms with van der Waals surface area (Å²) in [7, 11) is 1.29. The van der Waals surface area contributed by atoms with E-state index in [2.05, 4.69) is 34.3 Å². The van der Waals surface area contributed by atoms with Crippen molar-refractivity contribution in [1.29, 1.82) is 0 Å². The molecular weight excluding hydrogens is 326 g/mol. The topological polar surface area (TPSA) is 128 Å². The normalized spacial score (nSPS) is 10.2. The van der Waals surface area contributed by atoms with E-state index >= 15 is 0 Å². The Morgan fingerprint density at radius 1 is 1.12 bits per heavy atom. The summed E-state index contributed by atoms with van der Waals surface area (Å²) in [4.78, 5) is 35.1. The molecule has 1 unspecified atom stereocenters. The van der Waals surface area contributed by atoms with Crippen LogP contribution in [0, 0.1) is 23.7 Å². The molecule has 8 nitrogen and oxygen atoms in total. The quantitative estimate of drug-likeness (QED) is 0.198. The van der Waals surface area contributed by atoms with Gasteiger partial charge in [0.25, 0.3) is 17.7 Å². The van der Waals surface area contributed by atoms with Crippen molar-refractivity contribution in [3.05, 3.63) is 35.4 Å². The van der Waals surface area contributed by atoms with Gasteiger partial charge >= 0.3 is 0 Å². The van der Waals surface area contributed by atoms with Crippen LogP contribution in [0.4, 0.5) is 0 Å². The highest BCUT2D eigenvalue weighted by Gasteiger charge is 2.27. The van der Waals surface area contributed by atoms with E-state index < -0.39 is 23.8 Å². The summed E-state index contributed by atoms with van der Waals surface area (Å²) < 4.78 is 0. The molecular formula is C17H17N3O5. The number of nitrogens with one attached hydrogen (secondary N) is 3. The summed E-state index contributed by atoms with van der Waals surface area (Å²) in [5, 5.41) is 21.6. The number of hydrogen-bond donors (Lipinski definition) is 5. The monoisotopic (exact) mass is 343 g/mol. The highest BCUT2D eigenvalue weighted by atomic mass is 16.5. The van der Waals surface area contributed by atoms with Gasteiger partial charge < -0.3 is 15.7 Å². The average Bonchev–Trinajstić information content (AvgIpc) is 2.65. The molecule has 0 radical (unpaired) electrons. The number of hydroxylamine groups is 1. The van der Waals surface area contributed by atoms with E-state index in [9.17, 15) is 14.4 Å². The molecule has 0 aromatic heterocycles. The van der Waals surface area contributed by atoms with Gasteiger partial charge in [-0.2, -0.15) is 0 Å². The summed E-state index contributed by atoms with van der Waals surface area (Å²) in [6.07, 6.45) is 0.349. The van der Waals surface area contributed by atoms with Crippen molar-refractivity contribution in [2.45, 2.75) is 12.5 Å². The Morgan fingerprint density at radius 3 is 2.36 bits per heavy atom. The summed E-state index contributed by atoms with van der Waals surface area (Å²) >= 11 is 0. The van der Waals surface area contributed by atoms with Crippen LogP contribution in [0.5, 0.6) is 0 Å². The van der Waals surface area contributed by atoms with E-state index in [0.717, 1.165) is 0 Å². The maximum atomic E-state index is 12.1. The lowest BCUT2D eigenvalue weighted by atomic mass is 10.1. The maximum absolute atomic E-state index is 12.1. The molecule has 0 bridgehead atoms. The SMILES string of the molecule is CNC(=O)C(NC(=O)c1ccc(C#CC#CCCO)cc1)C(=O)NO. The molecule has 25 heavy (non-hydrogen) atoms. The van der Waals surface area contributed by atoms with Crippen molar-refractivity contribution in [2.75, 3.05) is 13.7 Å². The van der Waals surface area contributed by atoms with Gasteiger partial charge in [0.05, 0.1) is 6.61 Å². The molecule has 0 aliphatic carbocycles. The highest BCUT2D eigenvalue weighted by molar-refractivity contribution is 6.08. The van der Waals surface area contributed by atoms with Crippen LogP contribution < -0.4 is 16.1 Å². The van der Waals surface area contributed by atoms with Crippen LogP contribution in [0.1, 0.15) is 22.3 Å². The van der Waals surface area contributed by atoms with Gasteiger partial charge in [-0.3, -0.25) is 19.6 Å². The van der Waals surface area contributed by atoms with E-state index in [0.29, 0.717) is 12.0 Å². The molecule has 8 heteroatoms. The molecule has 3 amide bonds. The second-order valence-corrected chi connectivity index (χ2v) is 4.60. The average molecular weight is 343 g/mol. The minimum atomic E-state index is -1.57. The minimum absolute atomic E-state index is 0.0240. The highest BCUT2D eigenvalue weighted by Crippen LogP contribution is 2.04. The Hall–Kier alpha value is -3.33. The van der Waals surface area contributed by atoms with Gasteiger partial charge in [0.2, 0.25) is 0 Å². The van der Waals surface area contributed by atoms with Crippen LogP contribution in [-0.4, -0.2) is 47.7 Å². The number of rotatable bonds is 5. The third-order valence-corrected chi connectivity index (χ3v) is 2.90. The van der Waals surface area contributed by atoms with Crippen molar-refractivity contribution in [2.24, 2.45) is 0 Å². The maximum Gasteiger partial charge on any atom is 0.275 e. The van der Waals surface area contributed by atoms with Gasteiger partial charge in [-0.1, -0.05) is 11.8 Å². The lowest BCUT2D eigenvalue weighted by Gasteiger charge is -2.15. The van der Waals surface area contributed by atoms with Crippen LogP contribution >= 0.6 is 0 Å². The van der Waals surface area contributed by atoms with E-state index in [1.165, 1.54) is 24.7 Å². The number of likely N-dealkylation sites (N-methyl/N-ethyl adjacent to an activating group) is 1. The number of aliphatic hydroxyl groups excluding tert-OH is 1. The van der Waals surface area contributed by atoms with Crippen molar-refractivity contribution in [3.63, 3.8) is 0 Å². The van der Waals surface area contributed by atoms with Gasteiger partial charge in [-0.05, 0) is 36.1 Å². The zero-order valence-electron chi connectivity index (χ0n) is 13.4. The summed E-state index contributed by atoms with van der Waals surface area (Å²) in [5.74, 6) is 8.10. The predicted molar refractivity (Wildman–Crippen MR) is 88.0 cm³/mol. The zero-order valence-corrected chi connectivity index (χ0v) is 13.4. The molecule has 0 saturated heterocycles. The number of carbonyl (C=O) groups is 3. The molecule has 0 saturated carbocycles. The van der Waals surface area contributed by atoms with Crippen molar-refractivity contribution in [3.8, 4) is 23.7 Å². The Kier molecular flexibility index (Phi) is 8.24.